The van der Waals surface area contributed by atoms with Crippen LogP contribution in [0.2, 0.25) is 0 Å². The second-order valence-electron chi connectivity index (χ2n) is 20.3. The highest BCUT2D eigenvalue weighted by atomic mass is 16.5. The van der Waals surface area contributed by atoms with Crippen LogP contribution in [-0.4, -0.2) is 146 Å². The molecule has 1 aliphatic rings. The van der Waals surface area contributed by atoms with Gasteiger partial charge in [-0.2, -0.15) is 0 Å². The number of H-pyrrole nitrogens is 2. The molecule has 21 heteroatoms. The molecule has 1 saturated heterocycles. The smallest absolute Gasteiger partial charge is 0.328 e. The summed E-state index contributed by atoms with van der Waals surface area (Å²) in [5, 5.41) is 29.4. The van der Waals surface area contributed by atoms with E-state index < -0.39 is 95.9 Å². The number of amides is 6. The maximum absolute atomic E-state index is 14.5. The van der Waals surface area contributed by atoms with Crippen molar-refractivity contribution in [3.8, 4) is 0 Å². The first-order valence-electron chi connectivity index (χ1n) is 26.0. The minimum absolute atomic E-state index is 0.0205. The molecule has 1 fully saturated rings. The Morgan fingerprint density at radius 3 is 1.81 bits per heavy atom. The number of ether oxygens (including phenoxy) is 1. The minimum atomic E-state index is -1.24. The monoisotopic (exact) mass is 1040 g/mol. The van der Waals surface area contributed by atoms with E-state index in [1.165, 1.54) is 30.9 Å². The number of benzene rings is 2. The SMILES string of the molecule is CC[C@H](C)[C@H](NC(=O)[C@@H](NCC(O)C(CC(C)C)NC(=O)[C@H](Cc1cnc[nH]1)NC(=O)[C@H](Cc1ccccc1)NC(=O)[C@@H]1CCCN1C(=O)[C@@H](N)Cc1cnc[nH]1)C(C)C)C(=O)N[C@@H](Cc1ccccc1)C(=O)OC. The predicted octanol–water partition coefficient (Wildman–Crippen LogP) is 1.39. The number of nitrogens with one attached hydrogen (secondary N) is 8. The van der Waals surface area contributed by atoms with E-state index in [0.29, 0.717) is 43.6 Å². The standard InChI is InChI=1S/C54H78N12O9/c1-8-34(6)47(52(72)64-43(54(74)75-7)24-36-18-13-10-14-19-36)65-51(71)46(33(4)5)58-29-45(67)40(22-32(2)3)61-49(69)42(26-38-28-57-31-60-38)62-48(68)41(23-35-16-11-9-12-17-35)63-50(70)44-20-15-21-66(44)53(73)39(55)25-37-27-56-30-59-37/h9-14,16-19,27-28,30-34,39-47,58,67H,8,15,20-26,29,55H2,1-7H3,(H,56,59)(H,57,60)(H,61,69)(H,62,68)(H,63,70)(H,64,72)(H,65,71)/t34-,39-,40?,41-,42-,43-,44-,45?,46-,47-/m0/s1. The zero-order valence-electron chi connectivity index (χ0n) is 44.2. The number of carbonyl (C=O) groups excluding carboxylic acids is 7. The third-order valence-electron chi connectivity index (χ3n) is 13.6. The Balaban J connectivity index is 1.29. The number of aliphatic hydroxyl groups excluding tert-OH is 1. The van der Waals surface area contributed by atoms with Crippen LogP contribution in [0.3, 0.4) is 0 Å². The summed E-state index contributed by atoms with van der Waals surface area (Å²) < 4.78 is 5.01. The molecule has 0 radical (unpaired) electrons. The van der Waals surface area contributed by atoms with Crippen LogP contribution in [0.15, 0.2) is 85.7 Å². The van der Waals surface area contributed by atoms with Crippen LogP contribution < -0.4 is 37.6 Å². The number of rotatable bonds is 29. The van der Waals surface area contributed by atoms with Gasteiger partial charge in [-0.25, -0.2) is 14.8 Å². The van der Waals surface area contributed by atoms with Crippen molar-refractivity contribution < 1.29 is 43.4 Å². The number of hydrogen-bond donors (Lipinski definition) is 10. The normalized spacial score (nSPS) is 17.1. The molecule has 0 aliphatic carbocycles. The van der Waals surface area contributed by atoms with Gasteiger partial charge in [-0.05, 0) is 48.1 Å². The van der Waals surface area contributed by atoms with Crippen molar-refractivity contribution in [1.82, 2.24) is 56.7 Å². The van der Waals surface area contributed by atoms with Crippen LogP contribution in [0.1, 0.15) is 89.7 Å². The quantitative estimate of drug-likeness (QED) is 0.0345. The van der Waals surface area contributed by atoms with Gasteiger partial charge in [0, 0.05) is 62.6 Å². The van der Waals surface area contributed by atoms with Crippen LogP contribution in [0.4, 0.5) is 0 Å². The molecule has 1 aliphatic heterocycles. The van der Waals surface area contributed by atoms with Crippen LogP contribution in [0.25, 0.3) is 0 Å². The lowest BCUT2D eigenvalue weighted by molar-refractivity contribution is -0.145. The lowest BCUT2D eigenvalue weighted by Gasteiger charge is -2.32. The first-order valence-corrected chi connectivity index (χ1v) is 26.0. The van der Waals surface area contributed by atoms with Crippen molar-refractivity contribution in [2.45, 2.75) is 147 Å². The van der Waals surface area contributed by atoms with E-state index in [9.17, 15) is 38.7 Å². The van der Waals surface area contributed by atoms with Gasteiger partial charge in [-0.3, -0.25) is 28.8 Å². The van der Waals surface area contributed by atoms with Crippen molar-refractivity contribution in [3.63, 3.8) is 0 Å². The number of nitrogens with zero attached hydrogens (tertiary/aromatic N) is 3. The fraction of sp³-hybridized carbons (Fsp3) is 0.537. The van der Waals surface area contributed by atoms with E-state index in [4.69, 9.17) is 10.5 Å². The Bertz CT molecular complexity index is 2420. The number of hydrogen-bond acceptors (Lipinski definition) is 13. The maximum atomic E-state index is 14.5. The van der Waals surface area contributed by atoms with Crippen LogP contribution in [-0.2, 0) is 64.0 Å². The van der Waals surface area contributed by atoms with Crippen molar-refractivity contribution >= 4 is 41.4 Å². The summed E-state index contributed by atoms with van der Waals surface area (Å²) in [5.74, 6) is -4.57. The third kappa shape index (κ3) is 17.8. The summed E-state index contributed by atoms with van der Waals surface area (Å²) in [7, 11) is 1.25. The van der Waals surface area contributed by atoms with Gasteiger partial charge in [0.25, 0.3) is 0 Å². The molecule has 2 aromatic carbocycles. The third-order valence-corrected chi connectivity index (χ3v) is 13.6. The first kappa shape index (κ1) is 58.9. The highest BCUT2D eigenvalue weighted by molar-refractivity contribution is 5.96. The fourth-order valence-corrected chi connectivity index (χ4v) is 9.18. The number of methoxy groups -OCH3 is 1. The number of carbonyl (C=O) groups is 7. The van der Waals surface area contributed by atoms with Gasteiger partial charge in [-0.15, -0.1) is 0 Å². The molecule has 11 N–H and O–H groups in total. The summed E-state index contributed by atoms with van der Waals surface area (Å²) >= 11 is 0. The van der Waals surface area contributed by atoms with E-state index in [1.54, 1.807) is 6.20 Å². The highest BCUT2D eigenvalue weighted by Crippen LogP contribution is 2.20. The number of aromatic nitrogens is 4. The molecule has 10 atom stereocenters. The van der Waals surface area contributed by atoms with Crippen LogP contribution in [0, 0.1) is 17.8 Å². The summed E-state index contributed by atoms with van der Waals surface area (Å²) in [6.07, 6.45) is 6.98. The Morgan fingerprint density at radius 2 is 1.27 bits per heavy atom. The Kier molecular flexibility index (Phi) is 22.9. The predicted molar refractivity (Wildman–Crippen MR) is 281 cm³/mol. The molecular weight excluding hydrogens is 961 g/mol. The van der Waals surface area contributed by atoms with E-state index in [0.717, 1.165) is 11.1 Å². The topological polar surface area (TPSA) is 308 Å². The molecule has 4 aromatic rings. The molecule has 5 rings (SSSR count). The zero-order chi connectivity index (χ0) is 54.6. The van der Waals surface area contributed by atoms with Crippen LogP contribution >= 0.6 is 0 Å². The molecule has 0 bridgehead atoms. The fourth-order valence-electron chi connectivity index (χ4n) is 9.18. The van der Waals surface area contributed by atoms with Gasteiger partial charge in [-0.1, -0.05) is 109 Å². The number of imidazole rings is 2. The van der Waals surface area contributed by atoms with Crippen molar-refractivity contribution in [2.75, 3.05) is 20.2 Å². The van der Waals surface area contributed by atoms with Crippen molar-refractivity contribution in [2.24, 2.45) is 23.5 Å². The molecule has 21 nitrogen and oxygen atoms in total. The number of nitrogens with two attached hydrogens (primary N) is 1. The average Bonchev–Trinajstić information content (AvgIpc) is 4.22. The molecule has 408 valence electrons. The Morgan fingerprint density at radius 1 is 0.720 bits per heavy atom. The second kappa shape index (κ2) is 29.2. The molecule has 2 aromatic heterocycles. The summed E-state index contributed by atoms with van der Waals surface area (Å²) in [4.78, 5) is 113. The lowest BCUT2D eigenvalue weighted by atomic mass is 9.95. The first-order chi connectivity index (χ1) is 35.9. The van der Waals surface area contributed by atoms with Gasteiger partial charge in [0.2, 0.25) is 35.4 Å². The van der Waals surface area contributed by atoms with Crippen molar-refractivity contribution in [3.05, 3.63) is 108 Å². The molecule has 2 unspecified atom stereocenters. The highest BCUT2D eigenvalue weighted by Gasteiger charge is 2.39. The summed E-state index contributed by atoms with van der Waals surface area (Å²) in [6.45, 7) is 11.4. The Labute approximate surface area is 439 Å². The zero-order valence-corrected chi connectivity index (χ0v) is 44.2. The molecule has 0 spiro atoms. The van der Waals surface area contributed by atoms with E-state index in [1.807, 2.05) is 102 Å². The minimum Gasteiger partial charge on any atom is -0.467 e. The number of esters is 1. The number of aromatic amines is 2. The summed E-state index contributed by atoms with van der Waals surface area (Å²) in [5.41, 5.74) is 9.06. The molecule has 6 amide bonds. The Hall–Kier alpha value is -6.97. The molecule has 3 heterocycles. The molecule has 0 saturated carbocycles. The average molecular weight is 1040 g/mol. The summed E-state index contributed by atoms with van der Waals surface area (Å²) in [6, 6.07) is 10.3. The largest absolute Gasteiger partial charge is 0.467 e. The van der Waals surface area contributed by atoms with E-state index in [2.05, 4.69) is 51.8 Å². The van der Waals surface area contributed by atoms with Gasteiger partial charge in [0.15, 0.2) is 0 Å². The second-order valence-corrected chi connectivity index (χ2v) is 20.3. The van der Waals surface area contributed by atoms with Crippen LogP contribution in [0.5, 0.6) is 0 Å². The van der Waals surface area contributed by atoms with Crippen molar-refractivity contribution in [1.29, 1.82) is 0 Å². The van der Waals surface area contributed by atoms with Gasteiger partial charge < -0.3 is 62.3 Å². The number of likely N-dealkylation sites (tertiary alicyclic amines) is 1. The van der Waals surface area contributed by atoms with E-state index in [-0.39, 0.29) is 50.0 Å². The van der Waals surface area contributed by atoms with Gasteiger partial charge >= 0.3 is 5.97 Å². The lowest BCUT2D eigenvalue weighted by Crippen LogP contribution is -2.60. The molecule has 75 heavy (non-hydrogen) atoms. The maximum Gasteiger partial charge on any atom is 0.328 e. The van der Waals surface area contributed by atoms with Gasteiger partial charge in [0.1, 0.15) is 30.2 Å². The van der Waals surface area contributed by atoms with Gasteiger partial charge in [0.05, 0.1) is 44.0 Å². The molecular formula is C54H78N12O9. The van der Waals surface area contributed by atoms with E-state index >= 15 is 0 Å². The number of aliphatic hydroxyl groups is 1.